The van der Waals surface area contributed by atoms with Crippen molar-refractivity contribution in [2.45, 2.75) is 32.2 Å². The Bertz CT molecular complexity index is 1150. The molecule has 0 spiro atoms. The normalized spacial score (nSPS) is 11.7. The van der Waals surface area contributed by atoms with Crippen LogP contribution in [-0.2, 0) is 21.3 Å². The molecule has 3 rings (SSSR count). The molecule has 0 atom stereocenters. The molecule has 29 heavy (non-hydrogen) atoms. The predicted octanol–water partition coefficient (Wildman–Crippen LogP) is 3.12. The van der Waals surface area contributed by atoms with Gasteiger partial charge in [-0.2, -0.15) is 0 Å². The summed E-state index contributed by atoms with van der Waals surface area (Å²) < 4.78 is 34.6. The van der Waals surface area contributed by atoms with Gasteiger partial charge < -0.3 is 14.4 Å². The monoisotopic (exact) mass is 416 g/mol. The van der Waals surface area contributed by atoms with Crippen LogP contribution in [0.25, 0.3) is 10.9 Å². The van der Waals surface area contributed by atoms with Gasteiger partial charge in [0, 0.05) is 29.7 Å². The third kappa shape index (κ3) is 4.28. The van der Waals surface area contributed by atoms with Crippen molar-refractivity contribution in [3.63, 3.8) is 0 Å². The molecule has 0 saturated heterocycles. The van der Waals surface area contributed by atoms with Crippen LogP contribution < -0.4 is 4.72 Å². The van der Waals surface area contributed by atoms with Crippen molar-refractivity contribution in [3.05, 3.63) is 59.3 Å². The van der Waals surface area contributed by atoms with E-state index in [4.69, 9.17) is 4.74 Å². The van der Waals surface area contributed by atoms with Crippen molar-refractivity contribution in [1.82, 2.24) is 9.29 Å². The van der Waals surface area contributed by atoms with E-state index in [0.29, 0.717) is 23.2 Å². The Morgan fingerprint density at radius 1 is 1.14 bits per heavy atom. The van der Waals surface area contributed by atoms with Gasteiger partial charge in [-0.05, 0) is 51.1 Å². The second kappa shape index (κ2) is 8.26. The molecule has 1 aromatic heterocycles. The maximum absolute atomic E-state index is 12.5. The topological polar surface area (TPSA) is 97.6 Å². The first-order chi connectivity index (χ1) is 13.7. The second-order valence-electron chi connectivity index (χ2n) is 6.74. The number of aromatic nitrogens is 1. The number of rotatable bonds is 7. The van der Waals surface area contributed by atoms with E-state index in [1.54, 1.807) is 44.2 Å². The quantitative estimate of drug-likeness (QED) is 0.577. The van der Waals surface area contributed by atoms with Crippen LogP contribution in [0.2, 0.25) is 0 Å². The van der Waals surface area contributed by atoms with Gasteiger partial charge in [-0.1, -0.05) is 17.7 Å². The van der Waals surface area contributed by atoms with Gasteiger partial charge in [-0.15, -0.1) is 0 Å². The number of hydrogen-bond acceptors (Lipinski definition) is 5. The highest BCUT2D eigenvalue weighted by Crippen LogP contribution is 2.29. The van der Waals surface area contributed by atoms with Gasteiger partial charge in [-0.25, -0.2) is 17.9 Å². The minimum Gasteiger partial charge on any atom is -0.508 e. The molecule has 0 radical (unpaired) electrons. The summed E-state index contributed by atoms with van der Waals surface area (Å²) in [7, 11) is -3.63. The highest BCUT2D eigenvalue weighted by Gasteiger charge is 2.22. The minimum atomic E-state index is -3.63. The molecule has 0 aliphatic carbocycles. The van der Waals surface area contributed by atoms with Crippen LogP contribution in [0.5, 0.6) is 5.75 Å². The smallest absolute Gasteiger partial charge is 0.340 e. The van der Waals surface area contributed by atoms with Gasteiger partial charge in [0.05, 0.1) is 17.1 Å². The number of phenols is 1. The number of nitrogens with one attached hydrogen (secondary N) is 1. The summed E-state index contributed by atoms with van der Waals surface area (Å²) in [6.45, 7) is 6.09. The maximum atomic E-state index is 12.5. The molecular formula is C21H24N2O5S. The average Bonchev–Trinajstić information content (AvgIpc) is 2.93. The lowest BCUT2D eigenvalue weighted by Crippen LogP contribution is -2.27. The first-order valence-electron chi connectivity index (χ1n) is 9.30. The van der Waals surface area contributed by atoms with Gasteiger partial charge >= 0.3 is 5.97 Å². The van der Waals surface area contributed by atoms with Crippen LogP contribution in [-0.4, -0.2) is 37.2 Å². The Balaban J connectivity index is 1.87. The highest BCUT2D eigenvalue weighted by molar-refractivity contribution is 7.89. The summed E-state index contributed by atoms with van der Waals surface area (Å²) in [5.74, 6) is -0.431. The Kier molecular flexibility index (Phi) is 5.95. The number of aryl methyl sites for hydroxylation is 1. The summed E-state index contributed by atoms with van der Waals surface area (Å²) >= 11 is 0. The SMILES string of the molecule is CCOC(=O)c1c(C)n(CCNS(=O)(=O)c2ccc(C)cc2)c2ccc(O)cc12. The van der Waals surface area contributed by atoms with Gasteiger partial charge in [-0.3, -0.25) is 0 Å². The average molecular weight is 416 g/mol. The first kappa shape index (κ1) is 20.9. The summed E-state index contributed by atoms with van der Waals surface area (Å²) in [6.07, 6.45) is 0. The zero-order valence-corrected chi connectivity index (χ0v) is 17.4. The molecule has 0 aliphatic rings. The summed E-state index contributed by atoms with van der Waals surface area (Å²) in [4.78, 5) is 12.6. The molecule has 7 nitrogen and oxygen atoms in total. The predicted molar refractivity (Wildman–Crippen MR) is 111 cm³/mol. The van der Waals surface area contributed by atoms with Crippen molar-refractivity contribution in [2.24, 2.45) is 0 Å². The van der Waals surface area contributed by atoms with Crippen LogP contribution >= 0.6 is 0 Å². The van der Waals surface area contributed by atoms with Gasteiger partial charge in [0.1, 0.15) is 5.75 Å². The largest absolute Gasteiger partial charge is 0.508 e. The number of fused-ring (bicyclic) bond motifs is 1. The van der Waals surface area contributed by atoms with E-state index in [9.17, 15) is 18.3 Å². The number of sulfonamides is 1. The van der Waals surface area contributed by atoms with E-state index in [-0.39, 0.29) is 23.8 Å². The number of nitrogens with zero attached hydrogens (tertiary/aromatic N) is 1. The molecule has 0 fully saturated rings. The fraction of sp³-hybridized carbons (Fsp3) is 0.286. The summed E-state index contributed by atoms with van der Waals surface area (Å²) in [5, 5.41) is 10.4. The zero-order chi connectivity index (χ0) is 21.2. The third-order valence-electron chi connectivity index (χ3n) is 4.75. The Morgan fingerprint density at radius 2 is 1.83 bits per heavy atom. The molecule has 0 unspecified atom stereocenters. The lowest BCUT2D eigenvalue weighted by atomic mass is 10.1. The number of carbonyl (C=O) groups excluding carboxylic acids is 1. The molecule has 3 aromatic rings. The van der Waals surface area contributed by atoms with E-state index in [1.165, 1.54) is 12.1 Å². The molecule has 2 N–H and O–H groups in total. The molecule has 8 heteroatoms. The fourth-order valence-corrected chi connectivity index (χ4v) is 4.33. The van der Waals surface area contributed by atoms with Crippen LogP contribution in [0.1, 0.15) is 28.5 Å². The minimum absolute atomic E-state index is 0.0419. The van der Waals surface area contributed by atoms with Crippen LogP contribution in [0.3, 0.4) is 0 Å². The standard InChI is InChI=1S/C21H24N2O5S/c1-4-28-21(25)20-15(3)23(19-10-7-16(24)13-18(19)20)12-11-22-29(26,27)17-8-5-14(2)6-9-17/h5-10,13,22,24H,4,11-12H2,1-3H3. The van der Waals surface area contributed by atoms with E-state index < -0.39 is 16.0 Å². The van der Waals surface area contributed by atoms with E-state index in [2.05, 4.69) is 4.72 Å². The molecule has 2 aromatic carbocycles. The van der Waals surface area contributed by atoms with Crippen LogP contribution in [0.4, 0.5) is 0 Å². The lowest BCUT2D eigenvalue weighted by molar-refractivity contribution is 0.0527. The molecule has 0 saturated carbocycles. The second-order valence-corrected chi connectivity index (χ2v) is 8.51. The first-order valence-corrected chi connectivity index (χ1v) is 10.8. The molecule has 0 amide bonds. The number of esters is 1. The van der Waals surface area contributed by atoms with Crippen molar-refractivity contribution in [3.8, 4) is 5.75 Å². The van der Waals surface area contributed by atoms with E-state index >= 15 is 0 Å². The van der Waals surface area contributed by atoms with Gasteiger partial charge in [0.2, 0.25) is 10.0 Å². The number of phenolic OH excluding ortho intramolecular Hbond substituents is 1. The Hall–Kier alpha value is -2.84. The van der Waals surface area contributed by atoms with Crippen LogP contribution in [0, 0.1) is 13.8 Å². The van der Waals surface area contributed by atoms with Crippen molar-refractivity contribution < 1.29 is 23.1 Å². The van der Waals surface area contributed by atoms with Gasteiger partial charge in [0.25, 0.3) is 0 Å². The molecule has 0 aliphatic heterocycles. The molecular weight excluding hydrogens is 392 g/mol. The number of ether oxygens (including phenoxy) is 1. The fourth-order valence-electron chi connectivity index (χ4n) is 3.31. The summed E-state index contributed by atoms with van der Waals surface area (Å²) in [5.41, 5.74) is 2.73. The Labute approximate surface area is 170 Å². The van der Waals surface area contributed by atoms with Crippen molar-refractivity contribution in [1.29, 1.82) is 0 Å². The van der Waals surface area contributed by atoms with Crippen LogP contribution in [0.15, 0.2) is 47.4 Å². The number of hydrogen-bond donors (Lipinski definition) is 2. The number of aromatic hydroxyl groups is 1. The van der Waals surface area contributed by atoms with Crippen molar-refractivity contribution >= 4 is 26.9 Å². The van der Waals surface area contributed by atoms with E-state index in [0.717, 1.165) is 11.1 Å². The summed E-state index contributed by atoms with van der Waals surface area (Å²) in [6, 6.07) is 11.4. The van der Waals surface area contributed by atoms with Gasteiger partial charge in [0.15, 0.2) is 0 Å². The molecule has 0 bridgehead atoms. The molecule has 1 heterocycles. The Morgan fingerprint density at radius 3 is 2.48 bits per heavy atom. The number of carbonyl (C=O) groups is 1. The third-order valence-corrected chi connectivity index (χ3v) is 6.22. The number of benzene rings is 2. The molecule has 154 valence electrons. The highest BCUT2D eigenvalue weighted by atomic mass is 32.2. The van der Waals surface area contributed by atoms with Crippen molar-refractivity contribution in [2.75, 3.05) is 13.2 Å². The lowest BCUT2D eigenvalue weighted by Gasteiger charge is -2.11. The van der Waals surface area contributed by atoms with E-state index in [1.807, 2.05) is 11.5 Å². The maximum Gasteiger partial charge on any atom is 0.340 e. The zero-order valence-electron chi connectivity index (χ0n) is 16.6.